The van der Waals surface area contributed by atoms with Gasteiger partial charge in [-0.3, -0.25) is 0 Å². The predicted molar refractivity (Wildman–Crippen MR) is 47.6 cm³/mol. The summed E-state index contributed by atoms with van der Waals surface area (Å²) in [5.74, 6) is 0. The first-order valence-electron chi connectivity index (χ1n) is 3.36. The highest BCUT2D eigenvalue weighted by atomic mass is 35.5. The molecule has 1 aromatic rings. The predicted octanol–water partition coefficient (Wildman–Crippen LogP) is 2.35. The Bertz CT molecular complexity index is 255. The van der Waals surface area contributed by atoms with Crippen molar-refractivity contribution in [2.24, 2.45) is 0 Å². The molecule has 0 saturated carbocycles. The molecule has 0 aliphatic carbocycles. The third kappa shape index (κ3) is 2.37. The van der Waals surface area contributed by atoms with E-state index in [1.807, 2.05) is 24.3 Å². The third-order valence-electron chi connectivity index (χ3n) is 1.31. The first kappa shape index (κ1) is 8.31. The summed E-state index contributed by atoms with van der Waals surface area (Å²) in [4.78, 5) is 0. The van der Waals surface area contributed by atoms with E-state index in [2.05, 4.69) is 0 Å². The lowest BCUT2D eigenvalue weighted by Crippen LogP contribution is -1.75. The molecule has 0 fully saturated rings. The largest absolute Gasteiger partial charge is 0.392 e. The maximum Gasteiger partial charge on any atom is 0.0615 e. The van der Waals surface area contributed by atoms with Gasteiger partial charge in [0.15, 0.2) is 0 Å². The van der Waals surface area contributed by atoms with E-state index in [0.29, 0.717) is 5.02 Å². The number of halogens is 1. The van der Waals surface area contributed by atoms with Gasteiger partial charge in [-0.05, 0) is 11.6 Å². The van der Waals surface area contributed by atoms with E-state index >= 15 is 0 Å². The number of hydrogen-bond acceptors (Lipinski definition) is 1. The third-order valence-corrected chi connectivity index (χ3v) is 1.65. The van der Waals surface area contributed by atoms with Gasteiger partial charge in [0, 0.05) is 5.02 Å². The molecule has 0 saturated heterocycles. The molecule has 2 heteroatoms. The Morgan fingerprint density at radius 2 is 2.09 bits per heavy atom. The van der Waals surface area contributed by atoms with Crippen LogP contribution in [0.15, 0.2) is 30.3 Å². The van der Waals surface area contributed by atoms with Crippen molar-refractivity contribution < 1.29 is 5.11 Å². The van der Waals surface area contributed by atoms with Gasteiger partial charge < -0.3 is 5.11 Å². The van der Waals surface area contributed by atoms with Gasteiger partial charge in [0.05, 0.1) is 6.61 Å². The lowest BCUT2D eigenvalue weighted by molar-refractivity contribution is 0.343. The maximum atomic E-state index is 8.49. The number of aliphatic hydroxyl groups is 1. The van der Waals surface area contributed by atoms with Crippen LogP contribution in [0.3, 0.4) is 0 Å². The van der Waals surface area contributed by atoms with E-state index < -0.39 is 0 Å². The van der Waals surface area contributed by atoms with Crippen molar-refractivity contribution in [1.29, 1.82) is 0 Å². The molecule has 1 rings (SSSR count). The molecule has 0 aromatic heterocycles. The minimum absolute atomic E-state index is 0.0468. The van der Waals surface area contributed by atoms with Crippen molar-refractivity contribution in [2.45, 2.75) is 0 Å². The van der Waals surface area contributed by atoms with Crippen LogP contribution in [0, 0.1) is 0 Å². The zero-order valence-corrected chi connectivity index (χ0v) is 6.75. The average Bonchev–Trinajstić information content (AvgIpc) is 2.03. The van der Waals surface area contributed by atoms with Crippen LogP contribution in [0.5, 0.6) is 0 Å². The van der Waals surface area contributed by atoms with Crippen LogP contribution in [0.1, 0.15) is 5.56 Å². The van der Waals surface area contributed by atoms with Crippen LogP contribution < -0.4 is 0 Å². The minimum Gasteiger partial charge on any atom is -0.392 e. The molecular weight excluding hydrogens is 160 g/mol. The van der Waals surface area contributed by atoms with Gasteiger partial charge in [-0.1, -0.05) is 42.0 Å². The van der Waals surface area contributed by atoms with Gasteiger partial charge in [-0.2, -0.15) is 0 Å². The normalized spacial score (nSPS) is 10.7. The smallest absolute Gasteiger partial charge is 0.0615 e. The molecule has 1 nitrogen and oxygen atoms in total. The molecule has 0 atom stereocenters. The van der Waals surface area contributed by atoms with E-state index in [-0.39, 0.29) is 6.61 Å². The molecule has 0 amide bonds. The SMILES string of the molecule is OCC=Cc1ccccc1Cl. The molecular formula is C9H9ClO. The molecule has 0 bridgehead atoms. The fourth-order valence-electron chi connectivity index (χ4n) is 0.790. The molecule has 1 aromatic carbocycles. The second-order valence-electron chi connectivity index (χ2n) is 2.11. The quantitative estimate of drug-likeness (QED) is 0.719. The standard InChI is InChI=1S/C9H9ClO/c10-9-6-2-1-4-8(9)5-3-7-11/h1-6,11H,7H2. The highest BCUT2D eigenvalue weighted by Crippen LogP contribution is 2.15. The van der Waals surface area contributed by atoms with E-state index in [0.717, 1.165) is 5.56 Å². The van der Waals surface area contributed by atoms with Gasteiger partial charge in [-0.25, -0.2) is 0 Å². The topological polar surface area (TPSA) is 20.2 Å². The Morgan fingerprint density at radius 3 is 2.73 bits per heavy atom. The van der Waals surface area contributed by atoms with E-state index in [4.69, 9.17) is 16.7 Å². The number of benzene rings is 1. The second-order valence-corrected chi connectivity index (χ2v) is 2.51. The Labute approximate surface area is 70.9 Å². The minimum atomic E-state index is 0.0468. The van der Waals surface area contributed by atoms with Crippen molar-refractivity contribution in [2.75, 3.05) is 6.61 Å². The van der Waals surface area contributed by atoms with Gasteiger partial charge >= 0.3 is 0 Å². The summed E-state index contributed by atoms with van der Waals surface area (Å²) < 4.78 is 0. The van der Waals surface area contributed by atoms with Crippen molar-refractivity contribution in [3.8, 4) is 0 Å². The molecule has 1 N–H and O–H groups in total. The van der Waals surface area contributed by atoms with Crippen LogP contribution in [0.2, 0.25) is 5.02 Å². The molecule has 0 heterocycles. The summed E-state index contributed by atoms with van der Waals surface area (Å²) >= 11 is 5.83. The summed E-state index contributed by atoms with van der Waals surface area (Å²) in [7, 11) is 0. The number of rotatable bonds is 2. The summed E-state index contributed by atoms with van der Waals surface area (Å²) in [5.41, 5.74) is 0.934. The highest BCUT2D eigenvalue weighted by Gasteiger charge is 1.91. The molecule has 0 aliphatic heterocycles. The van der Waals surface area contributed by atoms with Crippen LogP contribution in [-0.2, 0) is 0 Å². The number of aliphatic hydroxyl groups excluding tert-OH is 1. The van der Waals surface area contributed by atoms with E-state index in [9.17, 15) is 0 Å². The molecule has 0 unspecified atom stereocenters. The van der Waals surface area contributed by atoms with E-state index in [1.165, 1.54) is 0 Å². The Kier molecular flexibility index (Phi) is 3.14. The van der Waals surface area contributed by atoms with Gasteiger partial charge in [0.25, 0.3) is 0 Å². The van der Waals surface area contributed by atoms with Gasteiger partial charge in [0.2, 0.25) is 0 Å². The molecule has 11 heavy (non-hydrogen) atoms. The zero-order valence-electron chi connectivity index (χ0n) is 6.00. The molecule has 58 valence electrons. The molecule has 0 aliphatic rings. The lowest BCUT2D eigenvalue weighted by atomic mass is 10.2. The van der Waals surface area contributed by atoms with Crippen molar-refractivity contribution in [3.63, 3.8) is 0 Å². The van der Waals surface area contributed by atoms with Crippen molar-refractivity contribution in [3.05, 3.63) is 40.9 Å². The summed E-state index contributed by atoms with van der Waals surface area (Å²) in [5, 5.41) is 9.19. The second kappa shape index (κ2) is 4.16. The molecule has 0 spiro atoms. The fourth-order valence-corrected chi connectivity index (χ4v) is 0.989. The Balaban J connectivity index is 2.86. The highest BCUT2D eigenvalue weighted by molar-refractivity contribution is 6.32. The van der Waals surface area contributed by atoms with Crippen LogP contribution >= 0.6 is 11.6 Å². The van der Waals surface area contributed by atoms with E-state index in [1.54, 1.807) is 12.2 Å². The van der Waals surface area contributed by atoms with Crippen LogP contribution in [0.25, 0.3) is 6.08 Å². The van der Waals surface area contributed by atoms with Crippen molar-refractivity contribution in [1.82, 2.24) is 0 Å². The van der Waals surface area contributed by atoms with Gasteiger partial charge in [-0.15, -0.1) is 0 Å². The van der Waals surface area contributed by atoms with Crippen LogP contribution in [-0.4, -0.2) is 11.7 Å². The lowest BCUT2D eigenvalue weighted by Gasteiger charge is -1.94. The summed E-state index contributed by atoms with van der Waals surface area (Å²) in [6, 6.07) is 7.49. The summed E-state index contributed by atoms with van der Waals surface area (Å²) in [6.45, 7) is 0.0468. The first-order valence-corrected chi connectivity index (χ1v) is 3.74. The Morgan fingerprint density at radius 1 is 1.36 bits per heavy atom. The summed E-state index contributed by atoms with van der Waals surface area (Å²) in [6.07, 6.45) is 3.45. The maximum absolute atomic E-state index is 8.49. The average molecular weight is 169 g/mol. The first-order chi connectivity index (χ1) is 5.34. The van der Waals surface area contributed by atoms with Gasteiger partial charge in [0.1, 0.15) is 0 Å². The monoisotopic (exact) mass is 168 g/mol. The molecule has 0 radical (unpaired) electrons. The fraction of sp³-hybridized carbons (Fsp3) is 0.111. The van der Waals surface area contributed by atoms with Crippen LogP contribution in [0.4, 0.5) is 0 Å². The Hall–Kier alpha value is -0.790. The zero-order chi connectivity index (χ0) is 8.10. The van der Waals surface area contributed by atoms with Crippen molar-refractivity contribution >= 4 is 17.7 Å². The number of hydrogen-bond donors (Lipinski definition) is 1.